The van der Waals surface area contributed by atoms with Crippen molar-refractivity contribution in [2.75, 3.05) is 37.4 Å². The number of aromatic nitrogens is 1. The Labute approximate surface area is 165 Å². The minimum absolute atomic E-state index is 0.0900. The Morgan fingerprint density at radius 1 is 1.11 bits per heavy atom. The van der Waals surface area contributed by atoms with Gasteiger partial charge in [0.1, 0.15) is 11.6 Å². The van der Waals surface area contributed by atoms with Crippen molar-refractivity contribution >= 4 is 23.5 Å². The van der Waals surface area contributed by atoms with E-state index in [1.165, 1.54) is 6.08 Å². The number of rotatable bonds is 5. The Morgan fingerprint density at radius 2 is 1.79 bits per heavy atom. The van der Waals surface area contributed by atoms with Crippen LogP contribution in [0.4, 0.5) is 11.6 Å². The molecule has 0 unspecified atom stereocenters. The Balaban J connectivity index is 1.88. The number of piperidine rings is 1. The first-order valence-corrected chi connectivity index (χ1v) is 9.39. The van der Waals surface area contributed by atoms with Crippen molar-refractivity contribution in [3.8, 4) is 0 Å². The lowest BCUT2D eigenvalue weighted by Crippen LogP contribution is -2.50. The molecular weight excluding hydrogens is 352 g/mol. The van der Waals surface area contributed by atoms with E-state index >= 15 is 0 Å². The molecule has 2 heterocycles. The third-order valence-electron chi connectivity index (χ3n) is 5.30. The second-order valence-corrected chi connectivity index (χ2v) is 7.21. The quantitative estimate of drug-likeness (QED) is 0.813. The summed E-state index contributed by atoms with van der Waals surface area (Å²) in [6.45, 7) is 4.59. The van der Waals surface area contributed by atoms with Gasteiger partial charge in [0, 0.05) is 27.2 Å². The molecule has 1 aliphatic rings. The summed E-state index contributed by atoms with van der Waals surface area (Å²) in [4.78, 5) is 33.5. The molecule has 1 saturated heterocycles. The average Bonchev–Trinajstić information content (AvgIpc) is 2.74. The highest BCUT2D eigenvalue weighted by atomic mass is 16.2. The molecule has 0 saturated carbocycles. The molecule has 1 aromatic heterocycles. The van der Waals surface area contributed by atoms with Crippen LogP contribution in [0.25, 0.3) is 0 Å². The Kier molecular flexibility index (Phi) is 5.78. The number of anilines is 2. The third-order valence-corrected chi connectivity index (χ3v) is 5.30. The fourth-order valence-electron chi connectivity index (χ4n) is 3.62. The summed E-state index contributed by atoms with van der Waals surface area (Å²) in [5, 5.41) is 3.00. The fourth-order valence-corrected chi connectivity index (χ4v) is 3.62. The number of carbonyl (C=O) groups is 2. The Hall–Kier alpha value is -3.15. The highest BCUT2D eigenvalue weighted by Gasteiger charge is 2.43. The molecule has 2 amide bonds. The maximum atomic E-state index is 13.4. The first kappa shape index (κ1) is 19.6. The molecule has 1 N–H and O–H groups in total. The second kappa shape index (κ2) is 8.25. The van der Waals surface area contributed by atoms with Crippen molar-refractivity contribution in [2.24, 2.45) is 0 Å². The minimum atomic E-state index is -0.699. The SMILES string of the molecule is C=CC(=O)N1CCC(C(=O)Nc2cccc(N(C)C)n2)(c2ccccc2)CC1. The molecule has 0 atom stereocenters. The molecule has 6 nitrogen and oxygen atoms in total. The smallest absolute Gasteiger partial charge is 0.245 e. The predicted molar refractivity (Wildman–Crippen MR) is 111 cm³/mol. The van der Waals surface area contributed by atoms with E-state index in [4.69, 9.17) is 0 Å². The minimum Gasteiger partial charge on any atom is -0.363 e. The van der Waals surface area contributed by atoms with Gasteiger partial charge in [0.15, 0.2) is 0 Å². The van der Waals surface area contributed by atoms with Crippen LogP contribution in [-0.4, -0.2) is 48.9 Å². The fraction of sp³-hybridized carbons (Fsp3) is 0.318. The number of nitrogens with zero attached hydrogens (tertiary/aromatic N) is 3. The van der Waals surface area contributed by atoms with Gasteiger partial charge in [0.05, 0.1) is 5.41 Å². The van der Waals surface area contributed by atoms with E-state index < -0.39 is 5.41 Å². The summed E-state index contributed by atoms with van der Waals surface area (Å²) < 4.78 is 0. The van der Waals surface area contributed by atoms with Gasteiger partial charge < -0.3 is 15.1 Å². The van der Waals surface area contributed by atoms with Gasteiger partial charge in [0.25, 0.3) is 0 Å². The zero-order valence-electron chi connectivity index (χ0n) is 16.4. The molecule has 0 radical (unpaired) electrons. The summed E-state index contributed by atoms with van der Waals surface area (Å²) in [7, 11) is 3.82. The third kappa shape index (κ3) is 3.91. The second-order valence-electron chi connectivity index (χ2n) is 7.21. The van der Waals surface area contributed by atoms with Gasteiger partial charge in [-0.2, -0.15) is 0 Å². The number of hydrogen-bond acceptors (Lipinski definition) is 4. The summed E-state index contributed by atoms with van der Waals surface area (Å²) in [6, 6.07) is 15.3. The maximum absolute atomic E-state index is 13.4. The lowest BCUT2D eigenvalue weighted by atomic mass is 9.72. The van der Waals surface area contributed by atoms with Crippen LogP contribution < -0.4 is 10.2 Å². The maximum Gasteiger partial charge on any atom is 0.245 e. The standard InChI is InChI=1S/C22H26N4O2/c1-4-20(27)26-15-13-22(14-16-26,17-9-6-5-7-10-17)21(28)24-18-11-8-12-19(23-18)25(2)3/h4-12H,1,13-16H2,2-3H3,(H,23,24,28). The number of hydrogen-bond donors (Lipinski definition) is 1. The van der Waals surface area contributed by atoms with Crippen LogP contribution in [0.5, 0.6) is 0 Å². The Morgan fingerprint density at radius 3 is 2.39 bits per heavy atom. The molecule has 6 heteroatoms. The van der Waals surface area contributed by atoms with E-state index in [1.54, 1.807) is 11.0 Å². The molecule has 28 heavy (non-hydrogen) atoms. The first-order chi connectivity index (χ1) is 13.5. The molecule has 0 bridgehead atoms. The van der Waals surface area contributed by atoms with Crippen molar-refractivity contribution in [1.82, 2.24) is 9.88 Å². The molecule has 2 aromatic rings. The van der Waals surface area contributed by atoms with Gasteiger partial charge in [-0.15, -0.1) is 0 Å². The van der Waals surface area contributed by atoms with E-state index in [9.17, 15) is 9.59 Å². The highest BCUT2D eigenvalue weighted by Crippen LogP contribution is 2.37. The van der Waals surface area contributed by atoms with Gasteiger partial charge >= 0.3 is 0 Å². The van der Waals surface area contributed by atoms with Crippen LogP contribution in [-0.2, 0) is 15.0 Å². The number of likely N-dealkylation sites (tertiary alicyclic amines) is 1. The lowest BCUT2D eigenvalue weighted by molar-refractivity contribution is -0.131. The largest absolute Gasteiger partial charge is 0.363 e. The average molecular weight is 378 g/mol. The van der Waals surface area contributed by atoms with E-state index in [0.29, 0.717) is 31.7 Å². The van der Waals surface area contributed by atoms with Crippen LogP contribution in [0.1, 0.15) is 18.4 Å². The van der Waals surface area contributed by atoms with Crippen molar-refractivity contribution in [3.63, 3.8) is 0 Å². The summed E-state index contributed by atoms with van der Waals surface area (Å²) in [5.41, 5.74) is 0.261. The van der Waals surface area contributed by atoms with E-state index in [-0.39, 0.29) is 11.8 Å². The molecule has 1 aromatic carbocycles. The first-order valence-electron chi connectivity index (χ1n) is 9.39. The van der Waals surface area contributed by atoms with Gasteiger partial charge in [-0.3, -0.25) is 9.59 Å². The van der Waals surface area contributed by atoms with Crippen LogP contribution >= 0.6 is 0 Å². The number of amides is 2. The molecule has 0 spiro atoms. The van der Waals surface area contributed by atoms with Crippen molar-refractivity contribution in [3.05, 3.63) is 66.7 Å². The lowest BCUT2D eigenvalue weighted by Gasteiger charge is -2.40. The van der Waals surface area contributed by atoms with Crippen molar-refractivity contribution < 1.29 is 9.59 Å². The summed E-state index contributed by atoms with van der Waals surface area (Å²) >= 11 is 0. The van der Waals surface area contributed by atoms with Gasteiger partial charge in [-0.25, -0.2) is 4.98 Å². The van der Waals surface area contributed by atoms with Crippen molar-refractivity contribution in [2.45, 2.75) is 18.3 Å². The molecule has 1 fully saturated rings. The van der Waals surface area contributed by atoms with Gasteiger partial charge in [-0.05, 0) is 36.6 Å². The molecule has 0 aliphatic carbocycles. The van der Waals surface area contributed by atoms with Crippen LogP contribution in [0.2, 0.25) is 0 Å². The van der Waals surface area contributed by atoms with E-state index in [2.05, 4.69) is 16.9 Å². The zero-order valence-corrected chi connectivity index (χ0v) is 16.4. The highest BCUT2D eigenvalue weighted by molar-refractivity contribution is 5.99. The Bertz CT molecular complexity index is 856. The molecule has 146 valence electrons. The summed E-state index contributed by atoms with van der Waals surface area (Å²) in [5.74, 6) is 1.12. The molecule has 1 aliphatic heterocycles. The monoisotopic (exact) mass is 378 g/mol. The predicted octanol–water partition coefficient (Wildman–Crippen LogP) is 2.83. The topological polar surface area (TPSA) is 65.5 Å². The number of pyridine rings is 1. The summed E-state index contributed by atoms with van der Waals surface area (Å²) in [6.07, 6.45) is 2.43. The number of nitrogens with one attached hydrogen (secondary N) is 1. The zero-order chi connectivity index (χ0) is 20.1. The molecular formula is C22H26N4O2. The van der Waals surface area contributed by atoms with E-state index in [0.717, 1.165) is 11.4 Å². The van der Waals surface area contributed by atoms with Gasteiger partial charge in [0.2, 0.25) is 11.8 Å². The van der Waals surface area contributed by atoms with E-state index in [1.807, 2.05) is 61.5 Å². The van der Waals surface area contributed by atoms with Crippen LogP contribution in [0.15, 0.2) is 61.2 Å². The van der Waals surface area contributed by atoms with Gasteiger partial charge in [-0.1, -0.05) is 43.0 Å². The molecule has 3 rings (SSSR count). The normalized spacial score (nSPS) is 15.6. The van der Waals surface area contributed by atoms with Crippen molar-refractivity contribution in [1.29, 1.82) is 0 Å². The number of carbonyl (C=O) groups excluding carboxylic acids is 2. The van der Waals surface area contributed by atoms with Crippen LogP contribution in [0.3, 0.4) is 0 Å². The van der Waals surface area contributed by atoms with Crippen LogP contribution in [0, 0.1) is 0 Å². The number of benzene rings is 1.